The maximum atomic E-state index is 9.48. The van der Waals surface area contributed by atoms with Crippen LogP contribution < -0.4 is 4.74 Å². The van der Waals surface area contributed by atoms with Crippen LogP contribution in [0.2, 0.25) is 5.02 Å². The third-order valence-corrected chi connectivity index (χ3v) is 3.70. The summed E-state index contributed by atoms with van der Waals surface area (Å²) in [5.41, 5.74) is 2.78. The van der Waals surface area contributed by atoms with Crippen LogP contribution in [-0.2, 0) is 0 Å². The molecule has 112 valence electrons. The molecule has 1 unspecified atom stereocenters. The number of pyridine rings is 1. The molecule has 1 aromatic heterocycles. The maximum absolute atomic E-state index is 9.48. The summed E-state index contributed by atoms with van der Waals surface area (Å²) in [6.45, 7) is 7.84. The fourth-order valence-electron chi connectivity index (χ4n) is 2.03. The highest BCUT2D eigenvalue weighted by atomic mass is 35.5. The molecule has 0 saturated carbocycles. The molecule has 0 bridgehead atoms. The molecule has 1 N–H and O–H groups in total. The first-order chi connectivity index (χ1) is 9.88. The molecule has 4 heteroatoms. The van der Waals surface area contributed by atoms with Crippen molar-refractivity contribution in [3.63, 3.8) is 0 Å². The summed E-state index contributed by atoms with van der Waals surface area (Å²) in [5.74, 6) is 1.57. The van der Waals surface area contributed by atoms with Gasteiger partial charge >= 0.3 is 0 Å². The first-order valence-corrected chi connectivity index (χ1v) is 7.38. The second kappa shape index (κ2) is 6.46. The Morgan fingerprint density at radius 1 is 1.19 bits per heavy atom. The smallest absolute Gasteiger partial charge is 0.219 e. The maximum Gasteiger partial charge on any atom is 0.219 e. The van der Waals surface area contributed by atoms with Crippen molar-refractivity contribution in [1.29, 1.82) is 0 Å². The number of aryl methyl sites for hydroxylation is 1. The number of aliphatic hydroxyl groups excluding tert-OH is 1. The standard InChI is InChI=1S/C17H20ClNO2/c1-10(2)14-8-16(11(3)7-15(14)18)21-17-6-5-13(9-19-17)12(4)20/h5-10,12,20H,1-4H3. The average Bonchev–Trinajstić information content (AvgIpc) is 2.42. The van der Waals surface area contributed by atoms with Crippen LogP contribution in [0, 0.1) is 6.92 Å². The van der Waals surface area contributed by atoms with Gasteiger partial charge < -0.3 is 9.84 Å². The number of nitrogens with zero attached hydrogens (tertiary/aromatic N) is 1. The Hall–Kier alpha value is -1.58. The van der Waals surface area contributed by atoms with Crippen molar-refractivity contribution in [2.45, 2.75) is 39.7 Å². The number of rotatable bonds is 4. The number of benzene rings is 1. The molecule has 2 rings (SSSR count). The lowest BCUT2D eigenvalue weighted by atomic mass is 10.0. The van der Waals surface area contributed by atoms with Gasteiger partial charge in [-0.3, -0.25) is 0 Å². The Morgan fingerprint density at radius 2 is 1.90 bits per heavy atom. The Balaban J connectivity index is 2.28. The van der Waals surface area contributed by atoms with E-state index in [1.165, 1.54) is 0 Å². The molecule has 0 aliphatic carbocycles. The van der Waals surface area contributed by atoms with Gasteiger partial charge in [0.25, 0.3) is 0 Å². The van der Waals surface area contributed by atoms with Crippen LogP contribution in [0.1, 0.15) is 49.5 Å². The zero-order chi connectivity index (χ0) is 15.6. The molecular formula is C17H20ClNO2. The largest absolute Gasteiger partial charge is 0.439 e. The van der Waals surface area contributed by atoms with E-state index in [0.717, 1.165) is 27.5 Å². The molecule has 0 radical (unpaired) electrons. The van der Waals surface area contributed by atoms with Crippen molar-refractivity contribution in [3.8, 4) is 11.6 Å². The predicted molar refractivity (Wildman–Crippen MR) is 85.2 cm³/mol. The summed E-state index contributed by atoms with van der Waals surface area (Å²) in [5, 5.41) is 10.2. The molecular weight excluding hydrogens is 286 g/mol. The van der Waals surface area contributed by atoms with Gasteiger partial charge in [0.15, 0.2) is 0 Å². The van der Waals surface area contributed by atoms with Gasteiger partial charge in [0.05, 0.1) is 6.10 Å². The lowest BCUT2D eigenvalue weighted by molar-refractivity contribution is 0.198. The van der Waals surface area contributed by atoms with Crippen LogP contribution in [0.4, 0.5) is 0 Å². The van der Waals surface area contributed by atoms with Gasteiger partial charge in [-0.1, -0.05) is 25.4 Å². The molecule has 0 amide bonds. The molecule has 3 nitrogen and oxygen atoms in total. The number of ether oxygens (including phenoxy) is 1. The van der Waals surface area contributed by atoms with E-state index in [1.54, 1.807) is 19.2 Å². The van der Waals surface area contributed by atoms with Crippen LogP contribution in [0.15, 0.2) is 30.5 Å². The highest BCUT2D eigenvalue weighted by molar-refractivity contribution is 6.31. The van der Waals surface area contributed by atoms with Gasteiger partial charge in [0.2, 0.25) is 5.88 Å². The van der Waals surface area contributed by atoms with Crippen LogP contribution in [0.5, 0.6) is 11.6 Å². The molecule has 0 aliphatic heterocycles. The predicted octanol–water partition coefficient (Wildman–Crippen LogP) is 5.01. The number of hydrogen-bond acceptors (Lipinski definition) is 3. The molecule has 1 atom stereocenters. The van der Waals surface area contributed by atoms with Gasteiger partial charge in [0, 0.05) is 17.3 Å². The average molecular weight is 306 g/mol. The van der Waals surface area contributed by atoms with E-state index < -0.39 is 6.10 Å². The molecule has 0 saturated heterocycles. The highest BCUT2D eigenvalue weighted by Crippen LogP contribution is 2.33. The minimum Gasteiger partial charge on any atom is -0.439 e. The fraction of sp³-hybridized carbons (Fsp3) is 0.353. The lowest BCUT2D eigenvalue weighted by Crippen LogP contribution is -1.97. The highest BCUT2D eigenvalue weighted by Gasteiger charge is 2.11. The van der Waals surface area contributed by atoms with Crippen molar-refractivity contribution in [2.24, 2.45) is 0 Å². The van der Waals surface area contributed by atoms with Gasteiger partial charge in [-0.05, 0) is 54.7 Å². The SMILES string of the molecule is Cc1cc(Cl)c(C(C)C)cc1Oc1ccc(C(C)O)cn1. The number of aliphatic hydroxyl groups is 1. The third kappa shape index (κ3) is 3.74. The molecule has 2 aromatic rings. The number of aromatic nitrogens is 1. The Labute approximate surface area is 130 Å². The van der Waals surface area contributed by atoms with E-state index in [9.17, 15) is 5.11 Å². The molecule has 0 fully saturated rings. The van der Waals surface area contributed by atoms with E-state index in [-0.39, 0.29) is 0 Å². The summed E-state index contributed by atoms with van der Waals surface area (Å²) in [6.07, 6.45) is 1.09. The van der Waals surface area contributed by atoms with E-state index >= 15 is 0 Å². The van der Waals surface area contributed by atoms with Crippen molar-refractivity contribution < 1.29 is 9.84 Å². The zero-order valence-electron chi connectivity index (χ0n) is 12.7. The van der Waals surface area contributed by atoms with Gasteiger partial charge in [-0.15, -0.1) is 0 Å². The second-order valence-corrected chi connectivity index (χ2v) is 5.91. The second-order valence-electron chi connectivity index (χ2n) is 5.50. The molecule has 1 aromatic carbocycles. The summed E-state index contributed by atoms with van der Waals surface area (Å²) in [7, 11) is 0. The fourth-order valence-corrected chi connectivity index (χ4v) is 2.47. The minimum absolute atomic E-state index is 0.325. The van der Waals surface area contributed by atoms with E-state index in [1.807, 2.05) is 25.1 Å². The summed E-state index contributed by atoms with van der Waals surface area (Å²) >= 11 is 6.26. The Bertz CT molecular complexity index is 621. The van der Waals surface area contributed by atoms with Crippen molar-refractivity contribution in [2.75, 3.05) is 0 Å². The molecule has 0 spiro atoms. The van der Waals surface area contributed by atoms with Crippen molar-refractivity contribution in [3.05, 3.63) is 52.2 Å². The van der Waals surface area contributed by atoms with Crippen LogP contribution in [0.25, 0.3) is 0 Å². The van der Waals surface area contributed by atoms with Crippen LogP contribution >= 0.6 is 11.6 Å². The first kappa shape index (κ1) is 15.8. The van der Waals surface area contributed by atoms with E-state index in [0.29, 0.717) is 11.8 Å². The number of hydrogen-bond donors (Lipinski definition) is 1. The van der Waals surface area contributed by atoms with Crippen molar-refractivity contribution >= 4 is 11.6 Å². The molecule has 21 heavy (non-hydrogen) atoms. The Kier molecular flexibility index (Phi) is 4.86. The van der Waals surface area contributed by atoms with Gasteiger partial charge in [0.1, 0.15) is 5.75 Å². The first-order valence-electron chi connectivity index (χ1n) is 7.00. The van der Waals surface area contributed by atoms with Gasteiger partial charge in [-0.25, -0.2) is 4.98 Å². The van der Waals surface area contributed by atoms with E-state index in [4.69, 9.17) is 16.3 Å². The summed E-state index contributed by atoms with van der Waals surface area (Å²) in [6, 6.07) is 7.44. The van der Waals surface area contributed by atoms with E-state index in [2.05, 4.69) is 18.8 Å². The summed E-state index contributed by atoms with van der Waals surface area (Å²) < 4.78 is 5.84. The van der Waals surface area contributed by atoms with Crippen LogP contribution in [-0.4, -0.2) is 10.1 Å². The Morgan fingerprint density at radius 3 is 2.43 bits per heavy atom. The number of halogens is 1. The topological polar surface area (TPSA) is 42.4 Å². The van der Waals surface area contributed by atoms with Gasteiger partial charge in [-0.2, -0.15) is 0 Å². The third-order valence-electron chi connectivity index (χ3n) is 3.37. The molecule has 1 heterocycles. The summed E-state index contributed by atoms with van der Waals surface area (Å²) in [4.78, 5) is 4.22. The van der Waals surface area contributed by atoms with Crippen molar-refractivity contribution in [1.82, 2.24) is 4.98 Å². The zero-order valence-corrected chi connectivity index (χ0v) is 13.5. The molecule has 0 aliphatic rings. The quantitative estimate of drug-likeness (QED) is 0.863. The minimum atomic E-state index is -0.531. The normalized spacial score (nSPS) is 12.5. The monoisotopic (exact) mass is 305 g/mol. The lowest BCUT2D eigenvalue weighted by Gasteiger charge is -2.14. The van der Waals surface area contributed by atoms with Crippen LogP contribution in [0.3, 0.4) is 0 Å².